The summed E-state index contributed by atoms with van der Waals surface area (Å²) < 4.78 is 23.9. The molecule has 0 amide bonds. The van der Waals surface area contributed by atoms with Gasteiger partial charge in [0.1, 0.15) is 23.2 Å². The lowest BCUT2D eigenvalue weighted by Crippen LogP contribution is -2.39. The molecule has 0 aliphatic carbocycles. The summed E-state index contributed by atoms with van der Waals surface area (Å²) in [6.07, 6.45) is 2.29. The lowest BCUT2D eigenvalue weighted by molar-refractivity contribution is 0.119. The highest BCUT2D eigenvalue weighted by Crippen LogP contribution is 2.21. The van der Waals surface area contributed by atoms with Crippen molar-refractivity contribution in [3.8, 4) is 11.5 Å². The molecule has 7 nitrogen and oxygen atoms in total. The van der Waals surface area contributed by atoms with Crippen LogP contribution in [0.2, 0.25) is 0 Å². The van der Waals surface area contributed by atoms with Gasteiger partial charge in [0.05, 0.1) is 17.9 Å². The van der Waals surface area contributed by atoms with Crippen LogP contribution in [0.25, 0.3) is 11.5 Å². The first-order valence-electron chi connectivity index (χ1n) is 9.59. The second-order valence-corrected chi connectivity index (χ2v) is 7.68. The lowest BCUT2D eigenvalue weighted by atomic mass is 10.2. The summed E-state index contributed by atoms with van der Waals surface area (Å²) in [7, 11) is 5.40. The Bertz CT molecular complexity index is 970. The van der Waals surface area contributed by atoms with Gasteiger partial charge in [-0.05, 0) is 31.2 Å². The molecular weight excluding hydrogens is 405 g/mol. The van der Waals surface area contributed by atoms with Gasteiger partial charge in [0, 0.05) is 45.1 Å². The molecule has 1 atom stereocenters. The van der Waals surface area contributed by atoms with Crippen molar-refractivity contribution in [3.05, 3.63) is 58.1 Å². The molecule has 160 valence electrons. The van der Waals surface area contributed by atoms with E-state index in [0.29, 0.717) is 25.4 Å². The number of ether oxygens (including phenoxy) is 1. The van der Waals surface area contributed by atoms with Crippen molar-refractivity contribution in [1.29, 1.82) is 0 Å². The Morgan fingerprint density at radius 3 is 2.77 bits per heavy atom. The van der Waals surface area contributed by atoms with Crippen LogP contribution in [0.5, 0.6) is 0 Å². The van der Waals surface area contributed by atoms with Gasteiger partial charge in [0.15, 0.2) is 5.96 Å². The predicted molar refractivity (Wildman–Crippen MR) is 116 cm³/mol. The molecular formula is C21H26FN5O2S. The molecule has 0 aliphatic rings. The molecule has 0 saturated carbocycles. The maximum Gasteiger partial charge on any atom is 0.226 e. The molecule has 0 aliphatic heterocycles. The molecule has 30 heavy (non-hydrogen) atoms. The van der Waals surface area contributed by atoms with Gasteiger partial charge >= 0.3 is 0 Å². The van der Waals surface area contributed by atoms with Crippen LogP contribution >= 0.6 is 11.3 Å². The second-order valence-electron chi connectivity index (χ2n) is 6.79. The maximum atomic E-state index is 13.1. The number of hydrogen-bond donors (Lipinski definition) is 1. The van der Waals surface area contributed by atoms with Gasteiger partial charge < -0.3 is 19.4 Å². The normalized spacial score (nSPS) is 12.8. The Kier molecular flexibility index (Phi) is 7.53. The number of methoxy groups -OCH3 is 1. The van der Waals surface area contributed by atoms with E-state index in [1.807, 2.05) is 24.3 Å². The first-order valence-corrected chi connectivity index (χ1v) is 10.5. The van der Waals surface area contributed by atoms with E-state index in [1.54, 1.807) is 43.9 Å². The summed E-state index contributed by atoms with van der Waals surface area (Å²) in [4.78, 5) is 15.4. The molecule has 2 heterocycles. The number of nitrogens with zero attached hydrogens (tertiary/aromatic N) is 4. The molecule has 3 rings (SSSR count). The summed E-state index contributed by atoms with van der Waals surface area (Å²) in [5.74, 6) is 0.968. The third kappa shape index (κ3) is 5.64. The van der Waals surface area contributed by atoms with E-state index >= 15 is 0 Å². The minimum atomic E-state index is -0.285. The number of aliphatic imine (C=N–C) groups is 1. The highest BCUT2D eigenvalue weighted by atomic mass is 32.1. The SMILES string of the molecule is CN=C(NCCc1coc(-c2ccc(F)cc2)n1)N(C)Cc1csc(C(C)OC)n1. The predicted octanol–water partition coefficient (Wildman–Crippen LogP) is 3.89. The van der Waals surface area contributed by atoms with Crippen molar-refractivity contribution < 1.29 is 13.5 Å². The van der Waals surface area contributed by atoms with E-state index in [-0.39, 0.29) is 11.9 Å². The van der Waals surface area contributed by atoms with Crippen LogP contribution in [-0.2, 0) is 17.7 Å². The van der Waals surface area contributed by atoms with Crippen molar-refractivity contribution in [2.24, 2.45) is 4.99 Å². The number of nitrogens with one attached hydrogen (secondary N) is 1. The summed E-state index contributed by atoms with van der Waals surface area (Å²) >= 11 is 1.60. The van der Waals surface area contributed by atoms with Crippen molar-refractivity contribution in [1.82, 2.24) is 20.2 Å². The fraction of sp³-hybridized carbons (Fsp3) is 0.381. The third-order valence-electron chi connectivity index (χ3n) is 4.55. The van der Waals surface area contributed by atoms with Crippen molar-refractivity contribution in [2.75, 3.05) is 27.7 Å². The van der Waals surface area contributed by atoms with Crippen LogP contribution in [0.3, 0.4) is 0 Å². The fourth-order valence-corrected chi connectivity index (χ4v) is 3.68. The largest absolute Gasteiger partial charge is 0.444 e. The van der Waals surface area contributed by atoms with E-state index in [0.717, 1.165) is 27.9 Å². The highest BCUT2D eigenvalue weighted by molar-refractivity contribution is 7.09. The summed E-state index contributed by atoms with van der Waals surface area (Å²) in [6.45, 7) is 3.28. The average molecular weight is 432 g/mol. The van der Waals surface area contributed by atoms with Crippen LogP contribution in [0.4, 0.5) is 4.39 Å². The Balaban J connectivity index is 1.50. The van der Waals surface area contributed by atoms with Crippen LogP contribution < -0.4 is 5.32 Å². The number of aromatic nitrogens is 2. The van der Waals surface area contributed by atoms with Gasteiger partial charge in [-0.3, -0.25) is 4.99 Å². The minimum absolute atomic E-state index is 0.00578. The molecule has 0 saturated heterocycles. The summed E-state index contributed by atoms with van der Waals surface area (Å²) in [5, 5.41) is 6.34. The zero-order chi connectivity index (χ0) is 21.5. The number of rotatable bonds is 8. The number of benzene rings is 1. The highest BCUT2D eigenvalue weighted by Gasteiger charge is 2.13. The maximum absolute atomic E-state index is 13.1. The van der Waals surface area contributed by atoms with E-state index in [2.05, 4.69) is 20.3 Å². The fourth-order valence-electron chi connectivity index (χ4n) is 2.83. The standard InChI is InChI=1S/C21H26FN5O2S/c1-14(28-4)20-26-18(13-30-20)11-27(3)21(23-2)24-10-9-17-12-29-19(25-17)15-5-7-16(22)8-6-15/h5-8,12-14H,9-11H2,1-4H3,(H,23,24). The van der Waals surface area contributed by atoms with Gasteiger partial charge in [0.25, 0.3) is 0 Å². The Morgan fingerprint density at radius 2 is 2.07 bits per heavy atom. The minimum Gasteiger partial charge on any atom is -0.444 e. The lowest BCUT2D eigenvalue weighted by Gasteiger charge is -2.21. The molecule has 0 spiro atoms. The van der Waals surface area contributed by atoms with Crippen LogP contribution in [0, 0.1) is 5.82 Å². The molecule has 1 N–H and O–H groups in total. The van der Waals surface area contributed by atoms with Crippen LogP contribution in [0.15, 0.2) is 45.3 Å². The number of guanidine groups is 1. The zero-order valence-electron chi connectivity index (χ0n) is 17.6. The van der Waals surface area contributed by atoms with E-state index in [9.17, 15) is 4.39 Å². The van der Waals surface area contributed by atoms with Crippen LogP contribution in [0.1, 0.15) is 29.4 Å². The van der Waals surface area contributed by atoms with Crippen molar-refractivity contribution in [2.45, 2.75) is 26.0 Å². The monoisotopic (exact) mass is 431 g/mol. The molecule has 3 aromatic rings. The Morgan fingerprint density at radius 1 is 1.30 bits per heavy atom. The molecule has 0 fully saturated rings. The zero-order valence-corrected chi connectivity index (χ0v) is 18.4. The number of oxazole rings is 1. The van der Waals surface area contributed by atoms with Crippen LogP contribution in [-0.4, -0.2) is 48.6 Å². The Labute approximate surface area is 179 Å². The summed E-state index contributed by atoms with van der Waals surface area (Å²) in [6, 6.07) is 6.08. The van der Waals surface area contributed by atoms with Gasteiger partial charge in [-0.2, -0.15) is 0 Å². The summed E-state index contributed by atoms with van der Waals surface area (Å²) in [5.41, 5.74) is 2.54. The van der Waals surface area contributed by atoms with Crippen molar-refractivity contribution in [3.63, 3.8) is 0 Å². The number of thiazole rings is 1. The molecule has 0 bridgehead atoms. The smallest absolute Gasteiger partial charge is 0.226 e. The van der Waals surface area contributed by atoms with Gasteiger partial charge in [-0.15, -0.1) is 11.3 Å². The van der Waals surface area contributed by atoms with Gasteiger partial charge in [0.2, 0.25) is 5.89 Å². The molecule has 2 aromatic heterocycles. The number of hydrogen-bond acceptors (Lipinski definition) is 6. The molecule has 9 heteroatoms. The van der Waals surface area contributed by atoms with E-state index in [1.165, 1.54) is 12.1 Å². The first kappa shape index (κ1) is 21.9. The second kappa shape index (κ2) is 10.3. The molecule has 1 unspecified atom stereocenters. The van der Waals surface area contributed by atoms with E-state index in [4.69, 9.17) is 9.15 Å². The Hall–Kier alpha value is -2.78. The average Bonchev–Trinajstić information content (AvgIpc) is 3.41. The first-order chi connectivity index (χ1) is 14.5. The number of halogens is 1. The quantitative estimate of drug-likeness (QED) is 0.431. The van der Waals surface area contributed by atoms with Gasteiger partial charge in [-0.1, -0.05) is 0 Å². The van der Waals surface area contributed by atoms with Gasteiger partial charge in [-0.25, -0.2) is 14.4 Å². The molecule has 0 radical (unpaired) electrons. The molecule has 1 aromatic carbocycles. The van der Waals surface area contributed by atoms with Crippen molar-refractivity contribution >= 4 is 17.3 Å². The topological polar surface area (TPSA) is 75.8 Å². The van der Waals surface area contributed by atoms with E-state index < -0.39 is 0 Å². The third-order valence-corrected chi connectivity index (χ3v) is 5.61.